The lowest BCUT2D eigenvalue weighted by atomic mass is 10.0. The Hall–Kier alpha value is -2.85. The first-order chi connectivity index (χ1) is 13.1. The van der Waals surface area contributed by atoms with E-state index in [1.54, 1.807) is 7.11 Å². The number of aliphatic carboxylic acids is 1. The van der Waals surface area contributed by atoms with Crippen LogP contribution in [0.15, 0.2) is 66.7 Å². The van der Waals surface area contributed by atoms with Crippen LogP contribution < -0.4 is 10.1 Å². The molecule has 0 aliphatic heterocycles. The Labute approximate surface area is 159 Å². The van der Waals surface area contributed by atoms with Gasteiger partial charge in [0.15, 0.2) is 0 Å². The Bertz CT molecular complexity index is 893. The number of rotatable bonds is 9. The highest BCUT2D eigenvalue weighted by Gasteiger charge is 2.12. The molecular formula is C23H25NO3. The summed E-state index contributed by atoms with van der Waals surface area (Å²) >= 11 is 0. The molecule has 0 fully saturated rings. The molecule has 4 heteroatoms. The number of fused-ring (bicyclic) bond motifs is 1. The number of benzene rings is 3. The second kappa shape index (κ2) is 9.19. The summed E-state index contributed by atoms with van der Waals surface area (Å²) in [6.45, 7) is 0.707. The molecular weight excluding hydrogens is 338 g/mol. The molecule has 0 bridgehead atoms. The fraction of sp³-hybridized carbons (Fsp3) is 0.261. The molecule has 0 heterocycles. The van der Waals surface area contributed by atoms with Gasteiger partial charge in [0.1, 0.15) is 5.75 Å². The van der Waals surface area contributed by atoms with E-state index in [1.165, 1.54) is 16.5 Å². The fourth-order valence-corrected chi connectivity index (χ4v) is 3.25. The van der Waals surface area contributed by atoms with Crippen LogP contribution in [0, 0.1) is 0 Å². The largest absolute Gasteiger partial charge is 0.497 e. The van der Waals surface area contributed by atoms with Crippen molar-refractivity contribution in [3.63, 3.8) is 0 Å². The quantitative estimate of drug-likeness (QED) is 0.591. The van der Waals surface area contributed by atoms with Gasteiger partial charge in [-0.1, -0.05) is 48.5 Å². The fourth-order valence-electron chi connectivity index (χ4n) is 3.25. The standard InChI is InChI=1S/C23H25NO3/c1-27-22-11-9-19-13-18(7-8-20(19)15-22)16-24-21(10-12-23(25)26)14-17-5-3-2-4-6-17/h2-9,11,13,15,21,24H,10,12,14,16H2,1H3,(H,25,26). The van der Waals surface area contributed by atoms with Crippen molar-refractivity contribution in [2.75, 3.05) is 7.11 Å². The molecule has 1 unspecified atom stereocenters. The van der Waals surface area contributed by atoms with Gasteiger partial charge in [-0.25, -0.2) is 0 Å². The van der Waals surface area contributed by atoms with Crippen LogP contribution in [0.5, 0.6) is 5.75 Å². The average molecular weight is 363 g/mol. The molecule has 140 valence electrons. The van der Waals surface area contributed by atoms with E-state index in [9.17, 15) is 4.79 Å². The van der Waals surface area contributed by atoms with Gasteiger partial charge >= 0.3 is 5.97 Å². The van der Waals surface area contributed by atoms with Gasteiger partial charge in [-0.15, -0.1) is 0 Å². The molecule has 3 rings (SSSR count). The minimum absolute atomic E-state index is 0.120. The van der Waals surface area contributed by atoms with Crippen LogP contribution >= 0.6 is 0 Å². The van der Waals surface area contributed by atoms with Crippen LogP contribution in [-0.2, 0) is 17.8 Å². The molecule has 0 spiro atoms. The molecule has 0 saturated carbocycles. The van der Waals surface area contributed by atoms with Gasteiger partial charge in [-0.3, -0.25) is 4.79 Å². The predicted octanol–water partition coefficient (Wildman–Crippen LogP) is 4.41. The third-order valence-corrected chi connectivity index (χ3v) is 4.74. The summed E-state index contributed by atoms with van der Waals surface area (Å²) in [4.78, 5) is 11.0. The van der Waals surface area contributed by atoms with Crippen molar-refractivity contribution < 1.29 is 14.6 Å². The van der Waals surface area contributed by atoms with Crippen LogP contribution in [-0.4, -0.2) is 24.2 Å². The maximum Gasteiger partial charge on any atom is 0.303 e. The number of nitrogens with one attached hydrogen (secondary N) is 1. The zero-order chi connectivity index (χ0) is 19.1. The Balaban J connectivity index is 1.68. The van der Waals surface area contributed by atoms with Gasteiger partial charge in [0, 0.05) is 19.0 Å². The molecule has 2 N–H and O–H groups in total. The normalized spacial score (nSPS) is 12.0. The number of carbonyl (C=O) groups is 1. The first-order valence-corrected chi connectivity index (χ1v) is 9.20. The second-order valence-corrected chi connectivity index (χ2v) is 6.75. The second-order valence-electron chi connectivity index (χ2n) is 6.75. The van der Waals surface area contributed by atoms with Gasteiger partial charge < -0.3 is 15.2 Å². The minimum atomic E-state index is -0.755. The van der Waals surface area contributed by atoms with E-state index in [2.05, 4.69) is 41.7 Å². The van der Waals surface area contributed by atoms with E-state index in [0.717, 1.165) is 17.6 Å². The Morgan fingerprint density at radius 3 is 2.48 bits per heavy atom. The molecule has 3 aromatic carbocycles. The monoisotopic (exact) mass is 363 g/mol. The molecule has 0 amide bonds. The molecule has 3 aromatic rings. The molecule has 0 aliphatic rings. The van der Waals surface area contributed by atoms with Gasteiger partial charge in [0.05, 0.1) is 7.11 Å². The van der Waals surface area contributed by atoms with Gasteiger partial charge in [0.25, 0.3) is 0 Å². The molecule has 0 aromatic heterocycles. The first-order valence-electron chi connectivity index (χ1n) is 9.20. The van der Waals surface area contributed by atoms with Crippen molar-refractivity contribution in [2.45, 2.75) is 31.8 Å². The molecule has 0 saturated heterocycles. The topological polar surface area (TPSA) is 58.6 Å². The zero-order valence-corrected chi connectivity index (χ0v) is 15.5. The number of carboxylic acid groups (broad SMARTS) is 1. The van der Waals surface area contributed by atoms with E-state index < -0.39 is 5.97 Å². The van der Waals surface area contributed by atoms with Crippen molar-refractivity contribution in [2.24, 2.45) is 0 Å². The van der Waals surface area contributed by atoms with Crippen molar-refractivity contribution in [3.8, 4) is 5.75 Å². The smallest absolute Gasteiger partial charge is 0.303 e. The molecule has 1 atom stereocenters. The summed E-state index contributed by atoms with van der Waals surface area (Å²) in [7, 11) is 1.67. The highest BCUT2D eigenvalue weighted by molar-refractivity contribution is 5.84. The Morgan fingerprint density at radius 1 is 1.00 bits per heavy atom. The van der Waals surface area contributed by atoms with Gasteiger partial charge in [-0.2, -0.15) is 0 Å². The van der Waals surface area contributed by atoms with Gasteiger partial charge in [0.2, 0.25) is 0 Å². The van der Waals surface area contributed by atoms with Crippen LogP contribution in [0.4, 0.5) is 0 Å². The summed E-state index contributed by atoms with van der Waals surface area (Å²) in [5.74, 6) is 0.0967. The summed E-state index contributed by atoms with van der Waals surface area (Å²) < 4.78 is 5.27. The minimum Gasteiger partial charge on any atom is -0.497 e. The lowest BCUT2D eigenvalue weighted by Gasteiger charge is -2.18. The summed E-state index contributed by atoms with van der Waals surface area (Å²) in [6.07, 6.45) is 1.59. The maximum absolute atomic E-state index is 11.0. The van der Waals surface area contributed by atoms with E-state index in [1.807, 2.05) is 30.3 Å². The van der Waals surface area contributed by atoms with E-state index >= 15 is 0 Å². The summed E-state index contributed by atoms with van der Waals surface area (Å²) in [5, 5.41) is 14.9. The van der Waals surface area contributed by atoms with Crippen molar-refractivity contribution >= 4 is 16.7 Å². The van der Waals surface area contributed by atoms with Crippen LogP contribution in [0.25, 0.3) is 10.8 Å². The van der Waals surface area contributed by atoms with Crippen molar-refractivity contribution in [1.29, 1.82) is 0 Å². The molecule has 0 radical (unpaired) electrons. The molecule has 0 aliphatic carbocycles. The SMILES string of the molecule is COc1ccc2cc(CNC(CCC(=O)O)Cc3ccccc3)ccc2c1. The number of carboxylic acids is 1. The number of methoxy groups -OCH3 is 1. The maximum atomic E-state index is 11.0. The average Bonchev–Trinajstić information content (AvgIpc) is 2.70. The van der Waals surface area contributed by atoms with Crippen LogP contribution in [0.3, 0.4) is 0 Å². The zero-order valence-electron chi connectivity index (χ0n) is 15.5. The lowest BCUT2D eigenvalue weighted by molar-refractivity contribution is -0.137. The number of ether oxygens (including phenoxy) is 1. The molecule has 4 nitrogen and oxygen atoms in total. The third kappa shape index (κ3) is 5.56. The predicted molar refractivity (Wildman–Crippen MR) is 108 cm³/mol. The first kappa shape index (κ1) is 18.9. The lowest BCUT2D eigenvalue weighted by Crippen LogP contribution is -2.31. The highest BCUT2D eigenvalue weighted by Crippen LogP contribution is 2.22. The Kier molecular flexibility index (Phi) is 6.44. The molecule has 27 heavy (non-hydrogen) atoms. The van der Waals surface area contributed by atoms with Crippen LogP contribution in [0.2, 0.25) is 0 Å². The number of hydrogen-bond acceptors (Lipinski definition) is 3. The van der Waals surface area contributed by atoms with Crippen molar-refractivity contribution in [1.82, 2.24) is 5.32 Å². The summed E-state index contributed by atoms with van der Waals surface area (Å²) in [6, 6.07) is 22.7. The van der Waals surface area contributed by atoms with Crippen molar-refractivity contribution in [3.05, 3.63) is 77.9 Å². The summed E-state index contributed by atoms with van der Waals surface area (Å²) in [5.41, 5.74) is 2.40. The number of hydrogen-bond donors (Lipinski definition) is 2. The third-order valence-electron chi connectivity index (χ3n) is 4.74. The van der Waals surface area contributed by atoms with E-state index in [4.69, 9.17) is 9.84 Å². The highest BCUT2D eigenvalue weighted by atomic mass is 16.5. The van der Waals surface area contributed by atoms with Crippen LogP contribution in [0.1, 0.15) is 24.0 Å². The Morgan fingerprint density at radius 2 is 1.74 bits per heavy atom. The van der Waals surface area contributed by atoms with E-state index in [0.29, 0.717) is 13.0 Å². The van der Waals surface area contributed by atoms with Gasteiger partial charge in [-0.05, 0) is 52.9 Å². The van der Waals surface area contributed by atoms with E-state index in [-0.39, 0.29) is 12.5 Å².